The Hall–Kier alpha value is -0.130. The Morgan fingerprint density at radius 2 is 2.00 bits per heavy atom. The van der Waals surface area contributed by atoms with Crippen LogP contribution in [0.15, 0.2) is 0 Å². The summed E-state index contributed by atoms with van der Waals surface area (Å²) in [5.74, 6) is -0.197. The molecule has 5 heteroatoms. The van der Waals surface area contributed by atoms with Crippen molar-refractivity contribution in [2.45, 2.75) is 26.4 Å². The largest absolute Gasteiger partial charge is 0.392 e. The van der Waals surface area contributed by atoms with Crippen molar-refractivity contribution in [1.82, 2.24) is 4.72 Å². The second-order valence-electron chi connectivity index (χ2n) is 2.34. The number of aliphatic hydroxyl groups is 1. The van der Waals surface area contributed by atoms with Crippen molar-refractivity contribution in [2.24, 2.45) is 0 Å². The Morgan fingerprint density at radius 1 is 1.45 bits per heavy atom. The first kappa shape index (κ1) is 10.9. The summed E-state index contributed by atoms with van der Waals surface area (Å²) in [7, 11) is -3.24. The molecule has 0 aromatic carbocycles. The van der Waals surface area contributed by atoms with Crippen LogP contribution >= 0.6 is 0 Å². The van der Waals surface area contributed by atoms with Gasteiger partial charge < -0.3 is 5.11 Å². The summed E-state index contributed by atoms with van der Waals surface area (Å²) in [6.45, 7) is 3.82. The summed E-state index contributed by atoms with van der Waals surface area (Å²) in [5, 5.41) is 9.00. The zero-order valence-corrected chi connectivity index (χ0v) is 7.69. The highest BCUT2D eigenvalue weighted by Gasteiger charge is 2.13. The van der Waals surface area contributed by atoms with Gasteiger partial charge in [0.15, 0.2) is 0 Å². The lowest BCUT2D eigenvalue weighted by Crippen LogP contribution is -2.31. The summed E-state index contributed by atoms with van der Waals surface area (Å²) >= 11 is 0. The van der Waals surface area contributed by atoms with Crippen molar-refractivity contribution in [2.75, 3.05) is 12.3 Å². The molecule has 0 aliphatic rings. The van der Waals surface area contributed by atoms with Crippen molar-refractivity contribution in [1.29, 1.82) is 0 Å². The summed E-state index contributed by atoms with van der Waals surface area (Å²) in [5.41, 5.74) is 0. The SMILES string of the molecule is CCNS(=O)(=O)CC(O)CC. The molecule has 0 bridgehead atoms. The maximum Gasteiger partial charge on any atom is 0.214 e. The van der Waals surface area contributed by atoms with Crippen LogP contribution in [0.25, 0.3) is 0 Å². The minimum Gasteiger partial charge on any atom is -0.392 e. The molecule has 1 atom stereocenters. The average Bonchev–Trinajstić information content (AvgIpc) is 1.86. The number of sulfonamides is 1. The van der Waals surface area contributed by atoms with Gasteiger partial charge in [-0.3, -0.25) is 0 Å². The molecule has 0 rings (SSSR count). The predicted molar refractivity (Wildman–Crippen MR) is 43.8 cm³/mol. The van der Waals surface area contributed by atoms with Crippen LogP contribution in [0.4, 0.5) is 0 Å². The topological polar surface area (TPSA) is 66.4 Å². The smallest absolute Gasteiger partial charge is 0.214 e. The van der Waals surface area contributed by atoms with Crippen LogP contribution in [0.3, 0.4) is 0 Å². The molecule has 4 nitrogen and oxygen atoms in total. The number of hydrogen-bond acceptors (Lipinski definition) is 3. The normalized spacial score (nSPS) is 14.8. The Morgan fingerprint density at radius 3 is 2.36 bits per heavy atom. The van der Waals surface area contributed by atoms with Gasteiger partial charge in [0.1, 0.15) is 0 Å². The number of aliphatic hydroxyl groups excluding tert-OH is 1. The fourth-order valence-electron chi connectivity index (χ4n) is 0.650. The molecule has 0 fully saturated rings. The molecule has 68 valence electrons. The van der Waals surface area contributed by atoms with Gasteiger partial charge in [-0.2, -0.15) is 0 Å². The standard InChI is InChI=1S/C6H15NO3S/c1-3-6(8)5-11(9,10)7-4-2/h6-8H,3-5H2,1-2H3. The minimum atomic E-state index is -3.24. The molecule has 1 unspecified atom stereocenters. The number of hydrogen-bond donors (Lipinski definition) is 2. The number of rotatable bonds is 5. The first-order valence-corrected chi connectivity index (χ1v) is 5.32. The van der Waals surface area contributed by atoms with Crippen molar-refractivity contribution in [3.63, 3.8) is 0 Å². The van der Waals surface area contributed by atoms with Gasteiger partial charge in [-0.15, -0.1) is 0 Å². The Labute approximate surface area is 67.7 Å². The number of nitrogens with one attached hydrogen (secondary N) is 1. The molecule has 0 aliphatic heterocycles. The zero-order valence-electron chi connectivity index (χ0n) is 6.87. The van der Waals surface area contributed by atoms with Gasteiger partial charge in [-0.1, -0.05) is 13.8 Å². The van der Waals surface area contributed by atoms with Crippen molar-refractivity contribution >= 4 is 10.0 Å². The van der Waals surface area contributed by atoms with E-state index in [1.165, 1.54) is 0 Å². The van der Waals surface area contributed by atoms with Crippen LogP contribution in [0.2, 0.25) is 0 Å². The Kier molecular flexibility index (Phi) is 4.63. The summed E-state index contributed by atoms with van der Waals surface area (Å²) in [6, 6.07) is 0. The first-order valence-electron chi connectivity index (χ1n) is 3.67. The van der Waals surface area contributed by atoms with E-state index < -0.39 is 16.1 Å². The van der Waals surface area contributed by atoms with Crippen LogP contribution in [0.1, 0.15) is 20.3 Å². The van der Waals surface area contributed by atoms with Gasteiger partial charge in [0, 0.05) is 6.54 Å². The van der Waals surface area contributed by atoms with E-state index in [0.717, 1.165) is 0 Å². The monoisotopic (exact) mass is 181 g/mol. The van der Waals surface area contributed by atoms with E-state index in [9.17, 15) is 8.42 Å². The summed E-state index contributed by atoms with van der Waals surface area (Å²) in [4.78, 5) is 0. The molecular weight excluding hydrogens is 166 g/mol. The van der Waals surface area contributed by atoms with Gasteiger partial charge in [0.2, 0.25) is 10.0 Å². The quantitative estimate of drug-likeness (QED) is 0.612. The van der Waals surface area contributed by atoms with E-state index in [0.29, 0.717) is 13.0 Å². The molecule has 0 heterocycles. The molecule has 0 spiro atoms. The minimum absolute atomic E-state index is 0.197. The summed E-state index contributed by atoms with van der Waals surface area (Å²) in [6.07, 6.45) is -0.288. The van der Waals surface area contributed by atoms with Gasteiger partial charge >= 0.3 is 0 Å². The van der Waals surface area contributed by atoms with Crippen LogP contribution in [0.5, 0.6) is 0 Å². The van der Waals surface area contributed by atoms with E-state index in [2.05, 4.69) is 4.72 Å². The molecule has 0 radical (unpaired) electrons. The second-order valence-corrected chi connectivity index (χ2v) is 4.19. The lowest BCUT2D eigenvalue weighted by atomic mass is 10.3. The Bertz CT molecular complexity index is 188. The van der Waals surface area contributed by atoms with E-state index >= 15 is 0 Å². The van der Waals surface area contributed by atoms with Crippen LogP contribution in [0, 0.1) is 0 Å². The van der Waals surface area contributed by atoms with Gasteiger partial charge in [-0.25, -0.2) is 13.1 Å². The first-order chi connectivity index (χ1) is 5.02. The molecule has 0 amide bonds. The van der Waals surface area contributed by atoms with E-state index in [-0.39, 0.29) is 5.75 Å². The lowest BCUT2D eigenvalue weighted by Gasteiger charge is -2.07. The van der Waals surface area contributed by atoms with Crippen LogP contribution < -0.4 is 4.72 Å². The zero-order chi connectivity index (χ0) is 8.91. The highest BCUT2D eigenvalue weighted by atomic mass is 32.2. The molecule has 11 heavy (non-hydrogen) atoms. The summed E-state index contributed by atoms with van der Waals surface area (Å²) < 4.78 is 24.2. The molecule has 0 saturated carbocycles. The third-order valence-electron chi connectivity index (χ3n) is 1.25. The van der Waals surface area contributed by atoms with Gasteiger partial charge in [0.05, 0.1) is 11.9 Å². The third kappa shape index (κ3) is 5.17. The van der Waals surface area contributed by atoms with Crippen molar-refractivity contribution in [3.05, 3.63) is 0 Å². The molecule has 0 saturated heterocycles. The molecule has 2 N–H and O–H groups in total. The highest BCUT2D eigenvalue weighted by Crippen LogP contribution is 1.94. The molecule has 0 aliphatic carbocycles. The molecule has 0 aromatic rings. The van der Waals surface area contributed by atoms with Crippen LogP contribution in [-0.4, -0.2) is 31.9 Å². The lowest BCUT2D eigenvalue weighted by molar-refractivity contribution is 0.193. The van der Waals surface area contributed by atoms with E-state index in [4.69, 9.17) is 5.11 Å². The maximum atomic E-state index is 10.9. The predicted octanol–water partition coefficient (Wildman–Crippen LogP) is -0.303. The maximum absolute atomic E-state index is 10.9. The van der Waals surface area contributed by atoms with Crippen molar-refractivity contribution < 1.29 is 13.5 Å². The molecular formula is C6H15NO3S. The fourth-order valence-corrected chi connectivity index (χ4v) is 1.95. The van der Waals surface area contributed by atoms with E-state index in [1.807, 2.05) is 0 Å². The average molecular weight is 181 g/mol. The highest BCUT2D eigenvalue weighted by molar-refractivity contribution is 7.89. The fraction of sp³-hybridized carbons (Fsp3) is 1.00. The van der Waals surface area contributed by atoms with E-state index in [1.54, 1.807) is 13.8 Å². The van der Waals surface area contributed by atoms with Gasteiger partial charge in [-0.05, 0) is 6.42 Å². The third-order valence-corrected chi connectivity index (χ3v) is 2.80. The van der Waals surface area contributed by atoms with Gasteiger partial charge in [0.25, 0.3) is 0 Å². The molecule has 0 aromatic heterocycles. The van der Waals surface area contributed by atoms with Crippen molar-refractivity contribution in [3.8, 4) is 0 Å². The second kappa shape index (κ2) is 4.69. The van der Waals surface area contributed by atoms with Crippen LogP contribution in [-0.2, 0) is 10.0 Å². The Balaban J connectivity index is 3.92.